The van der Waals surface area contributed by atoms with Crippen molar-refractivity contribution < 1.29 is 28.9 Å². The third-order valence-corrected chi connectivity index (χ3v) is 7.93. The Morgan fingerprint density at radius 1 is 1.07 bits per heavy atom. The summed E-state index contributed by atoms with van der Waals surface area (Å²) in [5, 5.41) is 12.0. The second-order valence-corrected chi connectivity index (χ2v) is 10.9. The Morgan fingerprint density at radius 3 is 2.67 bits per heavy atom. The van der Waals surface area contributed by atoms with E-state index in [1.807, 2.05) is 51.1 Å². The number of aliphatic hydroxyl groups is 1. The van der Waals surface area contributed by atoms with E-state index in [0.717, 1.165) is 27.8 Å². The number of hydrogen-bond acceptors (Lipinski definition) is 8. The van der Waals surface area contributed by atoms with Crippen LogP contribution in [-0.2, 0) is 9.59 Å². The summed E-state index contributed by atoms with van der Waals surface area (Å²) in [5.74, 6) is -0.202. The monoisotopic (exact) mass is 556 g/mol. The number of carbonyl (C=O) groups excluding carboxylic acids is 2. The molecule has 1 atom stereocenters. The molecule has 0 bridgehead atoms. The van der Waals surface area contributed by atoms with Gasteiger partial charge in [0, 0.05) is 5.56 Å². The zero-order valence-electron chi connectivity index (χ0n) is 22.4. The fraction of sp³-hybridized carbons (Fsp3) is 0.258. The van der Waals surface area contributed by atoms with Crippen molar-refractivity contribution in [2.24, 2.45) is 0 Å². The predicted octanol–water partition coefficient (Wildman–Crippen LogP) is 6.10. The minimum atomic E-state index is -0.916. The maximum Gasteiger partial charge on any atom is 0.301 e. The number of benzene rings is 3. The largest absolute Gasteiger partial charge is 0.507 e. The van der Waals surface area contributed by atoms with Crippen molar-refractivity contribution in [2.75, 3.05) is 24.7 Å². The highest BCUT2D eigenvalue weighted by atomic mass is 32.1. The van der Waals surface area contributed by atoms with Crippen molar-refractivity contribution >= 4 is 44.1 Å². The lowest BCUT2D eigenvalue weighted by atomic mass is 9.95. The number of aromatic nitrogens is 1. The van der Waals surface area contributed by atoms with Crippen molar-refractivity contribution in [3.63, 3.8) is 0 Å². The molecule has 6 rings (SSSR count). The second-order valence-electron chi connectivity index (χ2n) is 9.87. The van der Waals surface area contributed by atoms with Crippen LogP contribution in [0.1, 0.15) is 41.6 Å². The normalized spacial score (nSPS) is 18.0. The fourth-order valence-corrected chi connectivity index (χ4v) is 6.32. The summed E-state index contributed by atoms with van der Waals surface area (Å²) in [4.78, 5) is 33.5. The lowest BCUT2D eigenvalue weighted by Crippen LogP contribution is -2.29. The molecule has 1 unspecified atom stereocenters. The van der Waals surface area contributed by atoms with Crippen LogP contribution in [0.3, 0.4) is 0 Å². The highest BCUT2D eigenvalue weighted by Crippen LogP contribution is 2.46. The van der Waals surface area contributed by atoms with Crippen LogP contribution in [0.15, 0.2) is 60.2 Å². The van der Waals surface area contributed by atoms with Gasteiger partial charge in [0.25, 0.3) is 5.78 Å². The lowest BCUT2D eigenvalue weighted by molar-refractivity contribution is -0.132. The third kappa shape index (κ3) is 4.46. The number of ketones is 1. The molecule has 2 aliphatic heterocycles. The molecule has 1 N–H and O–H groups in total. The number of Topliss-reactive ketones (excluding diaryl/α,β-unsaturated/α-hetero) is 1. The van der Waals surface area contributed by atoms with Crippen molar-refractivity contribution in [3.8, 4) is 17.2 Å². The molecule has 3 aromatic carbocycles. The maximum absolute atomic E-state index is 13.7. The van der Waals surface area contributed by atoms with Gasteiger partial charge in [-0.2, -0.15) is 0 Å². The van der Waals surface area contributed by atoms with Crippen LogP contribution in [0.2, 0.25) is 0 Å². The number of ether oxygens (including phenoxy) is 3. The molecular formula is C31H28N2O6S. The number of fused-ring (bicyclic) bond motifs is 2. The van der Waals surface area contributed by atoms with E-state index in [1.165, 1.54) is 16.2 Å². The van der Waals surface area contributed by atoms with Crippen molar-refractivity contribution in [1.29, 1.82) is 0 Å². The van der Waals surface area contributed by atoms with Gasteiger partial charge in [0.2, 0.25) is 0 Å². The summed E-state index contributed by atoms with van der Waals surface area (Å²) in [6.45, 7) is 7.33. The summed E-state index contributed by atoms with van der Waals surface area (Å²) in [7, 11) is 0. The topological polar surface area (TPSA) is 98.2 Å². The molecule has 204 valence electrons. The molecule has 0 radical (unpaired) electrons. The zero-order chi connectivity index (χ0) is 28.0. The molecule has 2 aliphatic rings. The number of amides is 1. The Balaban J connectivity index is 1.53. The Morgan fingerprint density at radius 2 is 1.88 bits per heavy atom. The molecule has 0 spiro atoms. The molecular weight excluding hydrogens is 528 g/mol. The van der Waals surface area contributed by atoms with Crippen LogP contribution in [-0.4, -0.2) is 41.6 Å². The summed E-state index contributed by atoms with van der Waals surface area (Å²) < 4.78 is 18.1. The quantitative estimate of drug-likeness (QED) is 0.174. The molecule has 9 heteroatoms. The first-order valence-corrected chi connectivity index (χ1v) is 14.0. The zero-order valence-corrected chi connectivity index (χ0v) is 23.2. The average Bonchev–Trinajstić information content (AvgIpc) is 3.49. The smallest absolute Gasteiger partial charge is 0.301 e. The van der Waals surface area contributed by atoms with Gasteiger partial charge in [-0.1, -0.05) is 36.5 Å². The van der Waals surface area contributed by atoms with Crippen LogP contribution in [0.5, 0.6) is 17.2 Å². The fourth-order valence-electron chi connectivity index (χ4n) is 5.15. The second kappa shape index (κ2) is 10.3. The van der Waals surface area contributed by atoms with Crippen LogP contribution in [0.25, 0.3) is 16.0 Å². The van der Waals surface area contributed by atoms with Gasteiger partial charge in [0.15, 0.2) is 16.6 Å². The first-order chi connectivity index (χ1) is 19.4. The van der Waals surface area contributed by atoms with Crippen molar-refractivity contribution in [3.05, 3.63) is 82.4 Å². The molecule has 4 aromatic rings. The number of nitrogens with zero attached hydrogens (tertiary/aromatic N) is 2. The Kier molecular flexibility index (Phi) is 6.67. The van der Waals surface area contributed by atoms with Gasteiger partial charge in [-0.25, -0.2) is 4.98 Å². The molecule has 0 aliphatic carbocycles. The van der Waals surface area contributed by atoms with E-state index < -0.39 is 17.7 Å². The number of carbonyl (C=O) groups is 2. The maximum atomic E-state index is 13.7. The van der Waals surface area contributed by atoms with E-state index in [0.29, 0.717) is 53.3 Å². The molecule has 1 aromatic heterocycles. The standard InChI is InChI=1S/C31H28N2O6S/c1-4-10-37-21-7-5-6-19(15-21)27-25(28(34)20-8-9-22-23(16-20)39-12-11-38-22)29(35)30(36)33(27)31-32-26-18(3)13-17(2)14-24(26)40-31/h5-9,13-16,27,34H,4,10-12H2,1-3H3. The highest BCUT2D eigenvalue weighted by molar-refractivity contribution is 7.22. The van der Waals surface area contributed by atoms with Gasteiger partial charge >= 0.3 is 5.91 Å². The van der Waals surface area contributed by atoms with E-state index in [9.17, 15) is 14.7 Å². The minimum Gasteiger partial charge on any atom is -0.507 e. The lowest BCUT2D eigenvalue weighted by Gasteiger charge is -2.23. The van der Waals surface area contributed by atoms with Crippen molar-refractivity contribution in [1.82, 2.24) is 4.98 Å². The molecule has 8 nitrogen and oxygen atoms in total. The molecule has 0 saturated carbocycles. The molecule has 1 amide bonds. The summed E-state index contributed by atoms with van der Waals surface area (Å²) >= 11 is 1.34. The number of thiazole rings is 1. The van der Waals surface area contributed by atoms with Crippen LogP contribution in [0, 0.1) is 13.8 Å². The number of aliphatic hydroxyl groups excluding tert-OH is 1. The summed E-state index contributed by atoms with van der Waals surface area (Å²) in [5.41, 5.74) is 3.79. The molecule has 40 heavy (non-hydrogen) atoms. The molecule has 1 saturated heterocycles. The minimum absolute atomic E-state index is 0.0264. The molecule has 3 heterocycles. The Labute approximate surface area is 235 Å². The van der Waals surface area contributed by atoms with Gasteiger partial charge in [0.05, 0.1) is 28.4 Å². The molecule has 1 fully saturated rings. The van der Waals surface area contributed by atoms with Crippen LogP contribution in [0.4, 0.5) is 5.13 Å². The van der Waals surface area contributed by atoms with Gasteiger partial charge in [0.1, 0.15) is 24.7 Å². The van der Waals surface area contributed by atoms with E-state index in [2.05, 4.69) is 0 Å². The van der Waals surface area contributed by atoms with E-state index in [1.54, 1.807) is 24.3 Å². The summed E-state index contributed by atoms with van der Waals surface area (Å²) in [6, 6.07) is 15.4. The Bertz CT molecular complexity index is 1690. The summed E-state index contributed by atoms with van der Waals surface area (Å²) in [6.07, 6.45) is 0.831. The SMILES string of the molecule is CCCOc1cccc(C2C(=C(O)c3ccc4c(c3)OCCO4)C(=O)C(=O)N2c2nc3c(C)cc(C)cc3s2)c1. The van der Waals surface area contributed by atoms with E-state index >= 15 is 0 Å². The van der Waals surface area contributed by atoms with Gasteiger partial charge in [-0.15, -0.1) is 0 Å². The predicted molar refractivity (Wildman–Crippen MR) is 154 cm³/mol. The van der Waals surface area contributed by atoms with E-state index in [4.69, 9.17) is 19.2 Å². The Hall–Kier alpha value is -4.37. The average molecular weight is 557 g/mol. The first kappa shape index (κ1) is 25.9. The number of hydrogen-bond donors (Lipinski definition) is 1. The third-order valence-electron chi connectivity index (χ3n) is 6.93. The van der Waals surface area contributed by atoms with Gasteiger partial charge < -0.3 is 19.3 Å². The first-order valence-electron chi connectivity index (χ1n) is 13.2. The number of aryl methyl sites for hydroxylation is 2. The van der Waals surface area contributed by atoms with Crippen LogP contribution >= 0.6 is 11.3 Å². The number of rotatable bonds is 6. The highest BCUT2D eigenvalue weighted by Gasteiger charge is 2.48. The number of anilines is 1. The van der Waals surface area contributed by atoms with Crippen molar-refractivity contribution in [2.45, 2.75) is 33.2 Å². The van der Waals surface area contributed by atoms with Gasteiger partial charge in [-0.05, 0) is 73.4 Å². The van der Waals surface area contributed by atoms with Gasteiger partial charge in [-0.3, -0.25) is 14.5 Å². The van der Waals surface area contributed by atoms with E-state index in [-0.39, 0.29) is 11.3 Å². The van der Waals surface area contributed by atoms with Crippen LogP contribution < -0.4 is 19.1 Å².